The van der Waals surface area contributed by atoms with E-state index in [9.17, 15) is 9.59 Å². The largest absolute Gasteiger partial charge is 0.464 e. The van der Waals surface area contributed by atoms with E-state index in [1.165, 1.54) is 148 Å². The molecule has 0 aromatic heterocycles. The third kappa shape index (κ3) is 29.0. The molecule has 0 fully saturated rings. The molecule has 0 unspecified atom stereocenters. The lowest BCUT2D eigenvalue weighted by Crippen LogP contribution is -2.56. The number of ether oxygens (including phenoxy) is 1. The molecule has 278 valence electrons. The first-order chi connectivity index (χ1) is 22.9. The number of ketones is 1. The maximum Gasteiger partial charge on any atom is 0.333 e. The van der Waals surface area contributed by atoms with Crippen LogP contribution in [0.4, 0.5) is 0 Å². The SMILES string of the molecule is CCCCCCCCCCCCCCCCCCCCCCOC(=O)[C@@](N)(CCCN=C(N)N)C(=O)CCCCCCCCCCC. The lowest BCUT2D eigenvalue weighted by Gasteiger charge is -2.26. The third-order valence-electron chi connectivity index (χ3n) is 9.62. The minimum absolute atomic E-state index is 0.00388. The summed E-state index contributed by atoms with van der Waals surface area (Å²) in [6.45, 7) is 5.16. The summed E-state index contributed by atoms with van der Waals surface area (Å²) in [6, 6.07) is 0. The molecule has 7 heteroatoms. The fourth-order valence-corrected chi connectivity index (χ4v) is 6.39. The Hall–Kier alpha value is -1.63. The molecule has 0 amide bonds. The molecule has 47 heavy (non-hydrogen) atoms. The molecule has 1 atom stereocenters. The molecule has 0 radical (unpaired) electrons. The van der Waals surface area contributed by atoms with Crippen molar-refractivity contribution in [2.75, 3.05) is 13.2 Å². The second-order valence-corrected chi connectivity index (χ2v) is 14.2. The average Bonchev–Trinajstić information content (AvgIpc) is 3.06. The molecule has 0 bridgehead atoms. The molecule has 0 aliphatic carbocycles. The number of Topliss-reactive ketones (excluding diaryl/α,β-unsaturated/α-hetero) is 1. The summed E-state index contributed by atoms with van der Waals surface area (Å²) in [5, 5.41) is 0. The molecule has 0 aromatic rings. The predicted molar refractivity (Wildman–Crippen MR) is 203 cm³/mol. The van der Waals surface area contributed by atoms with Gasteiger partial charge in [0.15, 0.2) is 17.3 Å². The molecule has 0 aromatic carbocycles. The Morgan fingerprint density at radius 1 is 0.511 bits per heavy atom. The van der Waals surface area contributed by atoms with E-state index in [0.717, 1.165) is 38.5 Å². The number of guanidine groups is 1. The van der Waals surface area contributed by atoms with Crippen LogP contribution in [0, 0.1) is 0 Å². The van der Waals surface area contributed by atoms with Gasteiger partial charge in [-0.05, 0) is 25.7 Å². The van der Waals surface area contributed by atoms with Crippen molar-refractivity contribution in [1.29, 1.82) is 0 Å². The van der Waals surface area contributed by atoms with Crippen LogP contribution in [0.1, 0.15) is 219 Å². The Bertz CT molecular complexity index is 741. The Labute approximate surface area is 291 Å². The van der Waals surface area contributed by atoms with Crippen LogP contribution in [0.25, 0.3) is 0 Å². The van der Waals surface area contributed by atoms with Crippen molar-refractivity contribution < 1.29 is 14.3 Å². The molecule has 0 aliphatic rings. The average molecular weight is 665 g/mol. The number of esters is 1. The summed E-state index contributed by atoms with van der Waals surface area (Å²) in [4.78, 5) is 30.2. The van der Waals surface area contributed by atoms with Gasteiger partial charge in [0.05, 0.1) is 6.61 Å². The number of hydrogen-bond donors (Lipinski definition) is 3. The van der Waals surface area contributed by atoms with Crippen molar-refractivity contribution >= 4 is 17.7 Å². The highest BCUT2D eigenvalue weighted by Gasteiger charge is 2.42. The topological polar surface area (TPSA) is 134 Å². The Morgan fingerprint density at radius 2 is 0.851 bits per heavy atom. The van der Waals surface area contributed by atoms with Crippen LogP contribution in [0.2, 0.25) is 0 Å². The van der Waals surface area contributed by atoms with Crippen LogP contribution in [-0.4, -0.2) is 36.4 Å². The van der Waals surface area contributed by atoms with E-state index in [2.05, 4.69) is 18.8 Å². The zero-order chi connectivity index (χ0) is 34.7. The van der Waals surface area contributed by atoms with Gasteiger partial charge in [0.25, 0.3) is 0 Å². The smallest absolute Gasteiger partial charge is 0.333 e. The van der Waals surface area contributed by atoms with Crippen LogP contribution in [0.3, 0.4) is 0 Å². The Balaban J connectivity index is 3.99. The fraction of sp³-hybridized carbons (Fsp3) is 0.925. The molecule has 0 saturated heterocycles. The van der Waals surface area contributed by atoms with Gasteiger partial charge in [-0.3, -0.25) is 9.79 Å². The van der Waals surface area contributed by atoms with Crippen molar-refractivity contribution in [3.05, 3.63) is 0 Å². The van der Waals surface area contributed by atoms with Crippen LogP contribution in [-0.2, 0) is 14.3 Å². The number of hydrogen-bond acceptors (Lipinski definition) is 5. The molecule has 6 N–H and O–H groups in total. The van der Waals surface area contributed by atoms with Gasteiger partial charge in [-0.1, -0.05) is 187 Å². The zero-order valence-corrected chi connectivity index (χ0v) is 31.4. The fourth-order valence-electron chi connectivity index (χ4n) is 6.39. The minimum Gasteiger partial charge on any atom is -0.464 e. The molecule has 0 spiro atoms. The quantitative estimate of drug-likeness (QED) is 0.0199. The summed E-state index contributed by atoms with van der Waals surface area (Å²) >= 11 is 0. The lowest BCUT2D eigenvalue weighted by atomic mass is 9.86. The number of carbonyl (C=O) groups is 2. The summed E-state index contributed by atoms with van der Waals surface area (Å²) in [6.07, 6.45) is 38.0. The van der Waals surface area contributed by atoms with Crippen molar-refractivity contribution in [3.8, 4) is 0 Å². The highest BCUT2D eigenvalue weighted by atomic mass is 16.5. The van der Waals surface area contributed by atoms with Crippen LogP contribution < -0.4 is 17.2 Å². The molecular formula is C40H80N4O3. The number of unbranched alkanes of at least 4 members (excludes halogenated alkanes) is 27. The first-order valence-electron chi connectivity index (χ1n) is 20.4. The summed E-state index contributed by atoms with van der Waals surface area (Å²) in [5.74, 6) is -0.824. The highest BCUT2D eigenvalue weighted by molar-refractivity contribution is 6.08. The van der Waals surface area contributed by atoms with Gasteiger partial charge in [0.2, 0.25) is 0 Å². The van der Waals surface area contributed by atoms with E-state index in [-0.39, 0.29) is 18.2 Å². The number of carbonyl (C=O) groups excluding carboxylic acids is 2. The van der Waals surface area contributed by atoms with Crippen molar-refractivity contribution in [1.82, 2.24) is 0 Å². The van der Waals surface area contributed by atoms with Crippen LogP contribution in [0.5, 0.6) is 0 Å². The maximum absolute atomic E-state index is 13.1. The zero-order valence-electron chi connectivity index (χ0n) is 31.4. The molecule has 7 nitrogen and oxygen atoms in total. The molecule has 0 saturated carbocycles. The van der Waals surface area contributed by atoms with E-state index in [0.29, 0.717) is 26.0 Å². The summed E-state index contributed by atoms with van der Waals surface area (Å²) in [7, 11) is 0. The second-order valence-electron chi connectivity index (χ2n) is 14.2. The van der Waals surface area contributed by atoms with Gasteiger partial charge >= 0.3 is 5.97 Å². The van der Waals surface area contributed by atoms with Crippen molar-refractivity contribution in [3.63, 3.8) is 0 Å². The van der Waals surface area contributed by atoms with Crippen molar-refractivity contribution in [2.45, 2.75) is 225 Å². The van der Waals surface area contributed by atoms with Gasteiger partial charge < -0.3 is 21.9 Å². The number of nitrogens with two attached hydrogens (primary N) is 3. The van der Waals surface area contributed by atoms with Crippen molar-refractivity contribution in [2.24, 2.45) is 22.2 Å². The van der Waals surface area contributed by atoms with E-state index in [1.54, 1.807) is 0 Å². The molecule has 0 rings (SSSR count). The van der Waals surface area contributed by atoms with Gasteiger partial charge in [0.1, 0.15) is 0 Å². The van der Waals surface area contributed by atoms with Crippen LogP contribution in [0.15, 0.2) is 4.99 Å². The highest BCUT2D eigenvalue weighted by Crippen LogP contribution is 2.20. The Morgan fingerprint density at radius 3 is 1.21 bits per heavy atom. The van der Waals surface area contributed by atoms with E-state index < -0.39 is 11.5 Å². The van der Waals surface area contributed by atoms with Gasteiger partial charge in [0, 0.05) is 13.0 Å². The maximum atomic E-state index is 13.1. The summed E-state index contributed by atoms with van der Waals surface area (Å²) in [5.41, 5.74) is 15.7. The van der Waals surface area contributed by atoms with E-state index in [4.69, 9.17) is 21.9 Å². The van der Waals surface area contributed by atoms with Gasteiger partial charge in [-0.25, -0.2) is 4.79 Å². The number of nitrogens with zero attached hydrogens (tertiary/aromatic N) is 1. The standard InChI is InChI=1S/C40H80N4O3/c1-3-5-7-9-11-13-14-15-16-17-18-19-20-21-22-23-25-27-29-31-36-47-38(46)40(43,34-32-35-44-39(41)42)37(45)33-30-28-26-24-12-10-8-6-4-2/h3-36,43H2,1-2H3,(H4,41,42,44)/t40-/m1/s1. The van der Waals surface area contributed by atoms with Crippen LogP contribution >= 0.6 is 0 Å². The third-order valence-corrected chi connectivity index (χ3v) is 9.62. The second kappa shape index (κ2) is 34.2. The normalized spacial score (nSPS) is 12.6. The number of rotatable bonds is 37. The molecular weight excluding hydrogens is 584 g/mol. The van der Waals surface area contributed by atoms with E-state index >= 15 is 0 Å². The first kappa shape index (κ1) is 45.4. The number of aliphatic imine (C=N–C) groups is 1. The minimum atomic E-state index is -1.62. The van der Waals surface area contributed by atoms with E-state index in [1.807, 2.05) is 0 Å². The Kier molecular flexibility index (Phi) is 33.1. The first-order valence-corrected chi connectivity index (χ1v) is 20.4. The lowest BCUT2D eigenvalue weighted by molar-refractivity contribution is -0.154. The van der Waals surface area contributed by atoms with Gasteiger partial charge in [-0.15, -0.1) is 0 Å². The molecule has 0 heterocycles. The summed E-state index contributed by atoms with van der Waals surface area (Å²) < 4.78 is 5.57. The van der Waals surface area contributed by atoms with Gasteiger partial charge in [-0.2, -0.15) is 0 Å². The predicted octanol–water partition coefficient (Wildman–Crippen LogP) is 10.6. The monoisotopic (exact) mass is 665 g/mol. The molecule has 0 aliphatic heterocycles.